The van der Waals surface area contributed by atoms with E-state index in [4.69, 9.17) is 0 Å². The standard InChI is InChI=1S/C17H31NO/c1-2-11-17(12-7-3-4-8-13-17)16(19)18-14-9-5-6-10-15-18/h2-15H2,1H3. The van der Waals surface area contributed by atoms with Crippen molar-refractivity contribution in [1.29, 1.82) is 0 Å². The molecule has 0 unspecified atom stereocenters. The quantitative estimate of drug-likeness (QED) is 0.687. The molecule has 1 aliphatic carbocycles. The van der Waals surface area contributed by atoms with Gasteiger partial charge in [-0.05, 0) is 32.1 Å². The molecule has 1 saturated carbocycles. The molecule has 19 heavy (non-hydrogen) atoms. The van der Waals surface area contributed by atoms with Gasteiger partial charge in [0, 0.05) is 18.5 Å². The van der Waals surface area contributed by atoms with E-state index in [0.29, 0.717) is 5.91 Å². The van der Waals surface area contributed by atoms with Crippen LogP contribution in [0.4, 0.5) is 0 Å². The van der Waals surface area contributed by atoms with Crippen molar-refractivity contribution in [2.24, 2.45) is 5.41 Å². The Hall–Kier alpha value is -0.530. The average molecular weight is 265 g/mol. The Morgan fingerprint density at radius 3 is 1.95 bits per heavy atom. The summed E-state index contributed by atoms with van der Waals surface area (Å²) in [5, 5.41) is 0. The van der Waals surface area contributed by atoms with E-state index in [-0.39, 0.29) is 5.41 Å². The molecule has 0 N–H and O–H groups in total. The lowest BCUT2D eigenvalue weighted by molar-refractivity contribution is -0.143. The molecule has 110 valence electrons. The van der Waals surface area contributed by atoms with Crippen LogP contribution in [0.15, 0.2) is 0 Å². The third kappa shape index (κ3) is 3.73. The van der Waals surface area contributed by atoms with Gasteiger partial charge >= 0.3 is 0 Å². The molecular weight excluding hydrogens is 234 g/mol. The van der Waals surface area contributed by atoms with Crippen LogP contribution in [-0.2, 0) is 4.79 Å². The van der Waals surface area contributed by atoms with Crippen LogP contribution < -0.4 is 0 Å². The molecule has 0 aromatic rings. The first kappa shape index (κ1) is 14.9. The van der Waals surface area contributed by atoms with Gasteiger partial charge < -0.3 is 4.90 Å². The van der Waals surface area contributed by atoms with Gasteiger partial charge in [0.05, 0.1) is 0 Å². The van der Waals surface area contributed by atoms with Crippen molar-refractivity contribution in [1.82, 2.24) is 4.90 Å². The van der Waals surface area contributed by atoms with Crippen molar-refractivity contribution >= 4 is 5.91 Å². The molecule has 2 heteroatoms. The molecule has 2 nitrogen and oxygen atoms in total. The minimum absolute atomic E-state index is 0.00951. The van der Waals surface area contributed by atoms with Crippen LogP contribution in [0.25, 0.3) is 0 Å². The van der Waals surface area contributed by atoms with Crippen LogP contribution in [0.5, 0.6) is 0 Å². The third-order valence-corrected chi connectivity index (χ3v) is 5.14. The SMILES string of the molecule is CCCC1(C(=O)N2CCCCCC2)CCCCCC1. The van der Waals surface area contributed by atoms with E-state index in [2.05, 4.69) is 11.8 Å². The Morgan fingerprint density at radius 2 is 1.42 bits per heavy atom. The van der Waals surface area contributed by atoms with E-state index in [9.17, 15) is 4.79 Å². The number of amides is 1. The maximum absolute atomic E-state index is 13.1. The van der Waals surface area contributed by atoms with Crippen LogP contribution in [0.3, 0.4) is 0 Å². The largest absolute Gasteiger partial charge is 0.342 e. The van der Waals surface area contributed by atoms with Gasteiger partial charge in [0.15, 0.2) is 0 Å². The van der Waals surface area contributed by atoms with Gasteiger partial charge in [-0.3, -0.25) is 4.79 Å². The summed E-state index contributed by atoms with van der Waals surface area (Å²) in [6.45, 7) is 4.27. The predicted octanol–water partition coefficient (Wildman–Crippen LogP) is 4.53. The summed E-state index contributed by atoms with van der Waals surface area (Å²) in [6, 6.07) is 0. The lowest BCUT2D eigenvalue weighted by Gasteiger charge is -2.36. The van der Waals surface area contributed by atoms with E-state index in [0.717, 1.165) is 38.8 Å². The highest BCUT2D eigenvalue weighted by Gasteiger charge is 2.40. The Morgan fingerprint density at radius 1 is 0.895 bits per heavy atom. The van der Waals surface area contributed by atoms with Crippen molar-refractivity contribution in [3.8, 4) is 0 Å². The van der Waals surface area contributed by atoms with E-state index in [1.165, 1.54) is 51.4 Å². The number of hydrogen-bond acceptors (Lipinski definition) is 1. The van der Waals surface area contributed by atoms with Crippen molar-refractivity contribution in [2.45, 2.75) is 84.0 Å². The molecule has 1 aliphatic heterocycles. The summed E-state index contributed by atoms with van der Waals surface area (Å²) < 4.78 is 0. The number of rotatable bonds is 3. The molecule has 1 heterocycles. The predicted molar refractivity (Wildman–Crippen MR) is 80.1 cm³/mol. The molecule has 2 aliphatic rings. The van der Waals surface area contributed by atoms with Gasteiger partial charge in [-0.1, -0.05) is 51.9 Å². The van der Waals surface area contributed by atoms with Crippen LogP contribution in [0.2, 0.25) is 0 Å². The van der Waals surface area contributed by atoms with Gasteiger partial charge in [0.1, 0.15) is 0 Å². The lowest BCUT2D eigenvalue weighted by Crippen LogP contribution is -2.44. The maximum atomic E-state index is 13.1. The highest BCUT2D eigenvalue weighted by Crippen LogP contribution is 2.41. The van der Waals surface area contributed by atoms with Crippen molar-refractivity contribution < 1.29 is 4.79 Å². The van der Waals surface area contributed by atoms with E-state index < -0.39 is 0 Å². The van der Waals surface area contributed by atoms with E-state index in [1.54, 1.807) is 0 Å². The number of nitrogens with zero attached hydrogens (tertiary/aromatic N) is 1. The Kier molecular flexibility index (Phi) is 5.72. The van der Waals surface area contributed by atoms with Crippen LogP contribution >= 0.6 is 0 Å². The molecule has 1 saturated heterocycles. The van der Waals surface area contributed by atoms with Crippen molar-refractivity contribution in [2.75, 3.05) is 13.1 Å². The topological polar surface area (TPSA) is 20.3 Å². The first-order chi connectivity index (χ1) is 9.28. The summed E-state index contributed by atoms with van der Waals surface area (Å²) in [6.07, 6.45) is 14.8. The van der Waals surface area contributed by atoms with Gasteiger partial charge in [-0.15, -0.1) is 0 Å². The zero-order valence-corrected chi connectivity index (χ0v) is 12.8. The van der Waals surface area contributed by atoms with Crippen molar-refractivity contribution in [3.05, 3.63) is 0 Å². The van der Waals surface area contributed by atoms with Crippen LogP contribution in [0, 0.1) is 5.41 Å². The average Bonchev–Trinajstić information content (AvgIpc) is 2.81. The Labute approximate surface area is 118 Å². The highest BCUT2D eigenvalue weighted by atomic mass is 16.2. The maximum Gasteiger partial charge on any atom is 0.228 e. The Bertz CT molecular complexity index is 271. The summed E-state index contributed by atoms with van der Waals surface area (Å²) >= 11 is 0. The van der Waals surface area contributed by atoms with E-state index in [1.807, 2.05) is 0 Å². The van der Waals surface area contributed by atoms with Crippen LogP contribution in [-0.4, -0.2) is 23.9 Å². The molecule has 0 bridgehead atoms. The second-order valence-electron chi connectivity index (χ2n) is 6.65. The molecular formula is C17H31NO. The number of carbonyl (C=O) groups excluding carboxylic acids is 1. The molecule has 1 amide bonds. The lowest BCUT2D eigenvalue weighted by atomic mass is 9.75. The summed E-state index contributed by atoms with van der Waals surface area (Å²) in [5.41, 5.74) is 0.00951. The van der Waals surface area contributed by atoms with Crippen LogP contribution in [0.1, 0.15) is 84.0 Å². The molecule has 0 radical (unpaired) electrons. The molecule has 0 atom stereocenters. The van der Waals surface area contributed by atoms with Gasteiger partial charge in [-0.2, -0.15) is 0 Å². The van der Waals surface area contributed by atoms with Gasteiger partial charge in [0.2, 0.25) is 5.91 Å². The fourth-order valence-corrected chi connectivity index (χ4v) is 4.06. The minimum Gasteiger partial charge on any atom is -0.342 e. The summed E-state index contributed by atoms with van der Waals surface area (Å²) in [7, 11) is 0. The molecule has 2 fully saturated rings. The van der Waals surface area contributed by atoms with Crippen molar-refractivity contribution in [3.63, 3.8) is 0 Å². The second kappa shape index (κ2) is 7.31. The molecule has 0 aromatic carbocycles. The fraction of sp³-hybridized carbons (Fsp3) is 0.941. The smallest absolute Gasteiger partial charge is 0.228 e. The number of likely N-dealkylation sites (tertiary alicyclic amines) is 1. The van der Waals surface area contributed by atoms with Gasteiger partial charge in [-0.25, -0.2) is 0 Å². The third-order valence-electron chi connectivity index (χ3n) is 5.14. The fourth-order valence-electron chi connectivity index (χ4n) is 4.06. The zero-order chi connectivity index (χ0) is 13.6. The normalized spacial score (nSPS) is 24.6. The minimum atomic E-state index is 0.00951. The number of hydrogen-bond donors (Lipinski definition) is 0. The number of carbonyl (C=O) groups is 1. The molecule has 0 spiro atoms. The summed E-state index contributed by atoms with van der Waals surface area (Å²) in [4.78, 5) is 15.3. The Balaban J connectivity index is 2.09. The molecule has 2 rings (SSSR count). The first-order valence-corrected chi connectivity index (χ1v) is 8.58. The van der Waals surface area contributed by atoms with Gasteiger partial charge in [0.25, 0.3) is 0 Å². The summed E-state index contributed by atoms with van der Waals surface area (Å²) in [5.74, 6) is 0.512. The monoisotopic (exact) mass is 265 g/mol. The first-order valence-electron chi connectivity index (χ1n) is 8.58. The molecule has 0 aromatic heterocycles. The second-order valence-corrected chi connectivity index (χ2v) is 6.65. The van der Waals surface area contributed by atoms with E-state index >= 15 is 0 Å². The highest BCUT2D eigenvalue weighted by molar-refractivity contribution is 5.82. The zero-order valence-electron chi connectivity index (χ0n) is 12.8.